The van der Waals surface area contributed by atoms with Crippen molar-refractivity contribution in [1.29, 1.82) is 0 Å². The molecule has 0 saturated carbocycles. The van der Waals surface area contributed by atoms with Gasteiger partial charge in [0.2, 0.25) is 11.7 Å². The van der Waals surface area contributed by atoms with Crippen molar-refractivity contribution in [3.63, 3.8) is 0 Å². The summed E-state index contributed by atoms with van der Waals surface area (Å²) in [5.74, 6) is -1.36. The predicted molar refractivity (Wildman–Crippen MR) is 150 cm³/mol. The summed E-state index contributed by atoms with van der Waals surface area (Å²) < 4.78 is 11.4. The van der Waals surface area contributed by atoms with Gasteiger partial charge in [-0.2, -0.15) is 16.7 Å². The number of nitrogens with zero attached hydrogens (tertiary/aromatic N) is 3. The predicted octanol–water partition coefficient (Wildman–Crippen LogP) is 4.10. The zero-order chi connectivity index (χ0) is 29.6. The SMILES string of the molecule is CSCCC(N/C(C)=C1\C(=O)C=C2Oc3c(C(C)=O)c(O)c(C)c(O)c3[C@]2(C)C1=O)c1nc(-c2cccnc2)no1. The Morgan fingerprint density at radius 2 is 1.98 bits per heavy atom. The summed E-state index contributed by atoms with van der Waals surface area (Å²) in [7, 11) is 0. The number of fused-ring (bicyclic) bond motifs is 3. The highest BCUT2D eigenvalue weighted by molar-refractivity contribution is 7.98. The number of benzene rings is 1. The van der Waals surface area contributed by atoms with Crippen molar-refractivity contribution in [3.05, 3.63) is 70.2 Å². The lowest BCUT2D eigenvalue weighted by Crippen LogP contribution is -2.41. The third-order valence-electron chi connectivity index (χ3n) is 7.42. The number of hydrogen-bond donors (Lipinski definition) is 3. The number of hydrogen-bond acceptors (Lipinski definition) is 12. The van der Waals surface area contributed by atoms with Gasteiger partial charge in [-0.1, -0.05) is 5.16 Å². The van der Waals surface area contributed by atoms with Gasteiger partial charge in [0.15, 0.2) is 17.3 Å². The van der Waals surface area contributed by atoms with E-state index in [0.717, 1.165) is 5.75 Å². The second-order valence-corrected chi connectivity index (χ2v) is 11.0. The number of pyridine rings is 1. The number of Topliss-reactive ketones (excluding diaryl/α,β-unsaturated/α-hetero) is 2. The minimum Gasteiger partial charge on any atom is -0.507 e. The number of ether oxygens (including phenoxy) is 1. The van der Waals surface area contributed by atoms with Gasteiger partial charge in [-0.05, 0) is 58.3 Å². The Kier molecular flexibility index (Phi) is 7.20. The first-order valence-corrected chi connectivity index (χ1v) is 14.2. The van der Waals surface area contributed by atoms with Gasteiger partial charge in [0.25, 0.3) is 0 Å². The molecule has 0 fully saturated rings. The Morgan fingerprint density at radius 1 is 1.22 bits per heavy atom. The van der Waals surface area contributed by atoms with E-state index < -0.39 is 34.6 Å². The second kappa shape index (κ2) is 10.5. The maximum Gasteiger partial charge on any atom is 0.249 e. The first kappa shape index (κ1) is 28.1. The van der Waals surface area contributed by atoms with Crippen LogP contribution in [0.15, 0.2) is 52.2 Å². The highest BCUT2D eigenvalue weighted by Crippen LogP contribution is 2.57. The molecule has 41 heavy (non-hydrogen) atoms. The fraction of sp³-hybridized carbons (Fsp3) is 0.310. The van der Waals surface area contributed by atoms with Crippen LogP contribution < -0.4 is 10.1 Å². The standard InChI is InChI=1S/C29H28N4O7S/c1-13-23(36)21(15(3)34)25-22(24(13)37)29(4)19(39-25)11-18(35)20(26(29)38)14(2)31-17(8-10-41-5)28-32-27(33-40-28)16-7-6-9-30-12-16/h6-7,9,11-12,17,31,36-37H,8,10H2,1-5H3/b20-14+/t17?,29-/m1/s1. The number of aromatic hydroxyl groups is 2. The van der Waals surface area contributed by atoms with Crippen molar-refractivity contribution >= 4 is 29.1 Å². The third kappa shape index (κ3) is 4.48. The lowest BCUT2D eigenvalue weighted by molar-refractivity contribution is -0.123. The van der Waals surface area contributed by atoms with Gasteiger partial charge in [-0.3, -0.25) is 19.4 Å². The van der Waals surface area contributed by atoms with Crippen LogP contribution in [0.4, 0.5) is 0 Å². The van der Waals surface area contributed by atoms with E-state index in [2.05, 4.69) is 20.4 Å². The van der Waals surface area contributed by atoms with Crippen LogP contribution in [0.25, 0.3) is 11.4 Å². The van der Waals surface area contributed by atoms with Crippen molar-refractivity contribution in [2.45, 2.75) is 45.6 Å². The number of thioether (sulfide) groups is 1. The third-order valence-corrected chi connectivity index (χ3v) is 8.06. The van der Waals surface area contributed by atoms with Crippen LogP contribution in [-0.4, -0.2) is 54.7 Å². The van der Waals surface area contributed by atoms with Gasteiger partial charge in [0.05, 0.1) is 11.1 Å². The molecule has 1 aliphatic heterocycles. The summed E-state index contributed by atoms with van der Waals surface area (Å²) in [5.41, 5.74) is -0.892. The second-order valence-electron chi connectivity index (χ2n) is 10.1. The molecule has 2 atom stereocenters. The van der Waals surface area contributed by atoms with E-state index in [4.69, 9.17) is 9.26 Å². The van der Waals surface area contributed by atoms with Gasteiger partial charge >= 0.3 is 0 Å². The summed E-state index contributed by atoms with van der Waals surface area (Å²) in [6.07, 6.45) is 6.94. The Labute approximate surface area is 239 Å². The smallest absolute Gasteiger partial charge is 0.249 e. The molecular formula is C29H28N4O7S. The van der Waals surface area contributed by atoms with Gasteiger partial charge < -0.3 is 24.8 Å². The number of nitrogens with one attached hydrogen (secondary N) is 1. The monoisotopic (exact) mass is 576 g/mol. The normalized spacial score (nSPS) is 19.7. The number of phenols is 2. The average Bonchev–Trinajstić information content (AvgIpc) is 3.54. The number of phenolic OH excluding ortho intramolecular Hbond substituents is 2. The van der Waals surface area contributed by atoms with Crippen LogP contribution in [0.3, 0.4) is 0 Å². The Hall–Kier alpha value is -4.45. The molecule has 0 saturated heterocycles. The van der Waals surface area contributed by atoms with E-state index in [1.54, 1.807) is 43.2 Å². The number of carbonyl (C=O) groups excluding carboxylic acids is 3. The van der Waals surface area contributed by atoms with Gasteiger partial charge in [0.1, 0.15) is 40.0 Å². The molecule has 1 aromatic carbocycles. The molecule has 0 spiro atoms. The van der Waals surface area contributed by atoms with Crippen molar-refractivity contribution in [1.82, 2.24) is 20.4 Å². The van der Waals surface area contributed by atoms with E-state index >= 15 is 0 Å². The van der Waals surface area contributed by atoms with E-state index in [-0.39, 0.29) is 51.1 Å². The molecule has 212 valence electrons. The van der Waals surface area contributed by atoms with Crippen molar-refractivity contribution in [2.75, 3.05) is 12.0 Å². The maximum absolute atomic E-state index is 14.1. The van der Waals surface area contributed by atoms with Crippen LogP contribution in [-0.2, 0) is 15.0 Å². The van der Waals surface area contributed by atoms with E-state index in [1.807, 2.05) is 6.26 Å². The van der Waals surface area contributed by atoms with Crippen molar-refractivity contribution in [2.24, 2.45) is 0 Å². The molecule has 3 heterocycles. The molecule has 2 aliphatic rings. The molecular weight excluding hydrogens is 548 g/mol. The van der Waals surface area contributed by atoms with E-state index in [1.165, 1.54) is 26.8 Å². The molecule has 2 aromatic heterocycles. The fourth-order valence-electron chi connectivity index (χ4n) is 5.18. The first-order valence-electron chi connectivity index (χ1n) is 12.8. The highest BCUT2D eigenvalue weighted by atomic mass is 32.2. The molecule has 3 N–H and O–H groups in total. The van der Waals surface area contributed by atoms with E-state index in [0.29, 0.717) is 17.8 Å². The van der Waals surface area contributed by atoms with Crippen LogP contribution in [0, 0.1) is 6.92 Å². The molecule has 3 aromatic rings. The first-order chi connectivity index (χ1) is 19.5. The topological polar surface area (TPSA) is 165 Å². The summed E-state index contributed by atoms with van der Waals surface area (Å²) >= 11 is 1.61. The molecule has 12 heteroatoms. The van der Waals surface area contributed by atoms with Gasteiger partial charge in [-0.25, -0.2) is 0 Å². The van der Waals surface area contributed by atoms with Crippen molar-refractivity contribution < 1.29 is 33.9 Å². The minimum atomic E-state index is -1.61. The summed E-state index contributed by atoms with van der Waals surface area (Å²) in [5, 5.41) is 28.9. The number of ketones is 3. The zero-order valence-corrected chi connectivity index (χ0v) is 23.9. The largest absolute Gasteiger partial charge is 0.507 e. The van der Waals surface area contributed by atoms with Crippen molar-refractivity contribution in [3.8, 4) is 28.6 Å². The minimum absolute atomic E-state index is 0.0289. The summed E-state index contributed by atoms with van der Waals surface area (Å²) in [6, 6.07) is 3.05. The fourth-order valence-corrected chi connectivity index (χ4v) is 5.65. The highest BCUT2D eigenvalue weighted by Gasteiger charge is 2.56. The molecule has 0 radical (unpaired) electrons. The van der Waals surface area contributed by atoms with Crippen LogP contribution >= 0.6 is 11.8 Å². The molecule has 11 nitrogen and oxygen atoms in total. The molecule has 1 unspecified atom stereocenters. The Bertz CT molecular complexity index is 1660. The Balaban J connectivity index is 1.56. The number of rotatable bonds is 8. The lowest BCUT2D eigenvalue weighted by Gasteiger charge is -2.29. The maximum atomic E-state index is 14.1. The quantitative estimate of drug-likeness (QED) is 0.200. The van der Waals surface area contributed by atoms with Gasteiger partial charge in [0, 0.05) is 35.3 Å². The molecule has 0 amide bonds. The molecule has 1 aliphatic carbocycles. The van der Waals surface area contributed by atoms with Crippen LogP contribution in [0.1, 0.15) is 60.6 Å². The van der Waals surface area contributed by atoms with Crippen LogP contribution in [0.2, 0.25) is 0 Å². The Morgan fingerprint density at radius 3 is 2.63 bits per heavy atom. The number of aromatic nitrogens is 3. The lowest BCUT2D eigenvalue weighted by atomic mass is 9.70. The average molecular weight is 577 g/mol. The number of carbonyl (C=O) groups is 3. The van der Waals surface area contributed by atoms with Crippen LogP contribution in [0.5, 0.6) is 17.2 Å². The van der Waals surface area contributed by atoms with E-state index in [9.17, 15) is 24.6 Å². The molecule has 0 bridgehead atoms. The summed E-state index contributed by atoms with van der Waals surface area (Å²) in [6.45, 7) is 5.81. The zero-order valence-electron chi connectivity index (χ0n) is 23.1. The van der Waals surface area contributed by atoms with Gasteiger partial charge in [-0.15, -0.1) is 0 Å². The summed E-state index contributed by atoms with van der Waals surface area (Å²) in [4.78, 5) is 48.5. The molecule has 5 rings (SSSR count). The number of allylic oxidation sites excluding steroid dienone is 4.